The van der Waals surface area contributed by atoms with Gasteiger partial charge < -0.3 is 0 Å². The van der Waals surface area contributed by atoms with Gasteiger partial charge in [-0.05, 0) is 6.92 Å². The Balaban J connectivity index is 2.61. The van der Waals surface area contributed by atoms with E-state index < -0.39 is 0 Å². The highest BCUT2D eigenvalue weighted by atomic mass is 15.3. The average Bonchev–Trinajstić information content (AvgIpc) is 2.20. The molecule has 5 nitrogen and oxygen atoms in total. The summed E-state index contributed by atoms with van der Waals surface area (Å²) in [6, 6.07) is 0. The lowest BCUT2D eigenvalue weighted by Crippen LogP contribution is -2.35. The number of nitrogens with zero attached hydrogens (tertiary/aromatic N) is 5. The highest BCUT2D eigenvalue weighted by Gasteiger charge is 2.13. The Morgan fingerprint density at radius 1 is 1.14 bits per heavy atom. The predicted molar refractivity (Wildman–Crippen MR) is 49.0 cm³/mol. The minimum atomic E-state index is 0.908. The summed E-state index contributed by atoms with van der Waals surface area (Å²) in [5.74, 6) is 0. The number of aryl methyl sites for hydroxylation is 2. The molecule has 2 heterocycles. The van der Waals surface area contributed by atoms with Crippen molar-refractivity contribution >= 4 is 0 Å². The maximum atomic E-state index is 4.12. The molecular formula is C9H10N5+. The smallest absolute Gasteiger partial charge is 0.244 e. The van der Waals surface area contributed by atoms with Gasteiger partial charge in [-0.1, -0.05) is 4.68 Å². The summed E-state index contributed by atoms with van der Waals surface area (Å²) in [7, 11) is 1.86. The molecule has 0 radical (unpaired) electrons. The first-order valence-corrected chi connectivity index (χ1v) is 4.22. The molecule has 0 unspecified atom stereocenters. The van der Waals surface area contributed by atoms with Crippen LogP contribution < -0.4 is 4.68 Å². The second-order valence-corrected chi connectivity index (χ2v) is 2.94. The Kier molecular flexibility index (Phi) is 2.14. The van der Waals surface area contributed by atoms with Crippen molar-refractivity contribution < 1.29 is 4.68 Å². The lowest BCUT2D eigenvalue weighted by Gasteiger charge is -1.98. The quantitative estimate of drug-likeness (QED) is 0.594. The van der Waals surface area contributed by atoms with Crippen molar-refractivity contribution in [3.05, 3.63) is 30.7 Å². The van der Waals surface area contributed by atoms with Crippen LogP contribution in [0.3, 0.4) is 0 Å². The Bertz CT molecular complexity index is 411. The van der Waals surface area contributed by atoms with Gasteiger partial charge in [-0.15, -0.1) is 0 Å². The molecule has 0 atom stereocenters. The van der Waals surface area contributed by atoms with Crippen LogP contribution >= 0.6 is 0 Å². The van der Waals surface area contributed by atoms with Crippen LogP contribution in [0.1, 0.15) is 5.69 Å². The van der Waals surface area contributed by atoms with E-state index >= 15 is 0 Å². The van der Waals surface area contributed by atoms with Crippen molar-refractivity contribution in [3.63, 3.8) is 0 Å². The summed E-state index contributed by atoms with van der Waals surface area (Å²) in [6.45, 7) is 1.93. The van der Waals surface area contributed by atoms with E-state index in [0.717, 1.165) is 17.0 Å². The zero-order valence-corrected chi connectivity index (χ0v) is 8.05. The summed E-state index contributed by atoms with van der Waals surface area (Å²) >= 11 is 0. The number of aromatic nitrogens is 5. The van der Waals surface area contributed by atoms with Gasteiger partial charge in [0.05, 0.1) is 11.3 Å². The first kappa shape index (κ1) is 8.68. The molecule has 2 rings (SSSR count). The molecule has 0 saturated carbocycles. The lowest BCUT2D eigenvalue weighted by atomic mass is 10.2. The van der Waals surface area contributed by atoms with Crippen LogP contribution in [-0.2, 0) is 7.05 Å². The molecule has 0 N–H and O–H groups in total. The topological polar surface area (TPSA) is 55.4 Å². The van der Waals surface area contributed by atoms with Crippen molar-refractivity contribution in [3.8, 4) is 11.3 Å². The van der Waals surface area contributed by atoms with Crippen LogP contribution in [0.5, 0.6) is 0 Å². The fourth-order valence-corrected chi connectivity index (χ4v) is 1.24. The van der Waals surface area contributed by atoms with Gasteiger partial charge in [-0.25, -0.2) is 15.0 Å². The minimum absolute atomic E-state index is 0.908. The number of rotatable bonds is 1. The summed E-state index contributed by atoms with van der Waals surface area (Å²) < 4.78 is 1.75. The number of hydrogen-bond acceptors (Lipinski definition) is 4. The summed E-state index contributed by atoms with van der Waals surface area (Å²) in [4.78, 5) is 12.1. The Morgan fingerprint density at radius 2 is 1.93 bits per heavy atom. The molecule has 2 aromatic rings. The molecule has 0 fully saturated rings. The van der Waals surface area contributed by atoms with Gasteiger partial charge in [0.25, 0.3) is 5.69 Å². The molecule has 2 aromatic heterocycles. The van der Waals surface area contributed by atoms with E-state index in [0.29, 0.717) is 0 Å². The highest BCUT2D eigenvalue weighted by molar-refractivity contribution is 5.55. The van der Waals surface area contributed by atoms with Crippen molar-refractivity contribution in [2.45, 2.75) is 6.92 Å². The molecule has 0 bridgehead atoms. The first-order valence-electron chi connectivity index (χ1n) is 4.22. The van der Waals surface area contributed by atoms with Gasteiger partial charge in [0, 0.05) is 11.3 Å². The van der Waals surface area contributed by atoms with Gasteiger partial charge >= 0.3 is 0 Å². The Hall–Kier alpha value is -1.91. The lowest BCUT2D eigenvalue weighted by molar-refractivity contribution is -0.721. The second-order valence-electron chi connectivity index (χ2n) is 2.94. The van der Waals surface area contributed by atoms with Crippen LogP contribution in [0.15, 0.2) is 25.0 Å². The van der Waals surface area contributed by atoms with Gasteiger partial charge in [0.15, 0.2) is 13.4 Å². The van der Waals surface area contributed by atoms with Gasteiger partial charge in [-0.2, -0.15) is 0 Å². The number of hydrogen-bond donors (Lipinski definition) is 0. The summed E-state index contributed by atoms with van der Waals surface area (Å²) in [5, 5.41) is 4.05. The van der Waals surface area contributed by atoms with Crippen LogP contribution in [0.2, 0.25) is 0 Å². The fraction of sp³-hybridized carbons (Fsp3) is 0.222. The van der Waals surface area contributed by atoms with E-state index in [-0.39, 0.29) is 0 Å². The molecular weight excluding hydrogens is 178 g/mol. The van der Waals surface area contributed by atoms with Crippen molar-refractivity contribution in [1.82, 2.24) is 20.1 Å². The highest BCUT2D eigenvalue weighted by Crippen LogP contribution is 2.14. The predicted octanol–water partition coefficient (Wildman–Crippen LogP) is 0.0665. The molecule has 0 amide bonds. The van der Waals surface area contributed by atoms with Crippen LogP contribution in [0.4, 0.5) is 0 Å². The Morgan fingerprint density at radius 3 is 2.64 bits per heavy atom. The standard InChI is InChI=1S/C9H10N5/c1-7-8(3-10-5-12-7)9-4-11-6-13-14(9)2/h3-6H,1-2H3/q+1. The van der Waals surface area contributed by atoms with E-state index in [1.54, 1.807) is 17.1 Å². The molecule has 0 aliphatic heterocycles. The van der Waals surface area contributed by atoms with E-state index in [2.05, 4.69) is 20.1 Å². The summed E-state index contributed by atoms with van der Waals surface area (Å²) in [6.07, 6.45) is 6.55. The van der Waals surface area contributed by atoms with E-state index in [1.807, 2.05) is 14.0 Å². The first-order chi connectivity index (χ1) is 6.79. The molecule has 0 aliphatic carbocycles. The van der Waals surface area contributed by atoms with Gasteiger partial charge in [0.2, 0.25) is 0 Å². The zero-order valence-electron chi connectivity index (χ0n) is 8.05. The normalized spacial score (nSPS) is 10.1. The monoisotopic (exact) mass is 188 g/mol. The minimum Gasteiger partial charge on any atom is -0.244 e. The summed E-state index contributed by atoms with van der Waals surface area (Å²) in [5.41, 5.74) is 2.78. The molecule has 0 aromatic carbocycles. The van der Waals surface area contributed by atoms with Crippen LogP contribution in [-0.4, -0.2) is 20.1 Å². The van der Waals surface area contributed by atoms with Crippen molar-refractivity contribution in [1.29, 1.82) is 0 Å². The van der Waals surface area contributed by atoms with Crippen molar-refractivity contribution in [2.24, 2.45) is 7.05 Å². The van der Waals surface area contributed by atoms with Gasteiger partial charge in [-0.3, -0.25) is 0 Å². The van der Waals surface area contributed by atoms with E-state index in [1.165, 1.54) is 12.7 Å². The largest absolute Gasteiger partial charge is 0.260 e. The van der Waals surface area contributed by atoms with E-state index in [4.69, 9.17) is 0 Å². The maximum absolute atomic E-state index is 4.12. The zero-order chi connectivity index (χ0) is 9.97. The Labute approximate surface area is 81.5 Å². The van der Waals surface area contributed by atoms with Gasteiger partial charge in [0.1, 0.15) is 12.5 Å². The maximum Gasteiger partial charge on any atom is 0.260 e. The molecule has 5 heteroatoms. The average molecular weight is 188 g/mol. The third-order valence-electron chi connectivity index (χ3n) is 2.02. The molecule has 0 spiro atoms. The SMILES string of the molecule is Cc1ncncc1-c1cncn[n+]1C. The third-order valence-corrected chi connectivity index (χ3v) is 2.02. The van der Waals surface area contributed by atoms with Crippen LogP contribution in [0.25, 0.3) is 11.3 Å². The van der Waals surface area contributed by atoms with Crippen LogP contribution in [0, 0.1) is 6.92 Å². The molecule has 14 heavy (non-hydrogen) atoms. The molecule has 0 aliphatic rings. The molecule has 0 saturated heterocycles. The fourth-order valence-electron chi connectivity index (χ4n) is 1.24. The molecule has 70 valence electrons. The second kappa shape index (κ2) is 3.45. The van der Waals surface area contributed by atoms with E-state index in [9.17, 15) is 0 Å². The van der Waals surface area contributed by atoms with Crippen molar-refractivity contribution in [2.75, 3.05) is 0 Å². The third kappa shape index (κ3) is 1.44.